The van der Waals surface area contributed by atoms with E-state index in [9.17, 15) is 18.0 Å². The monoisotopic (exact) mass is 518 g/mol. The third-order valence-corrected chi connectivity index (χ3v) is 6.23. The van der Waals surface area contributed by atoms with Crippen LogP contribution in [0.25, 0.3) is 16.6 Å². The standard InChI is InChI=1S/C23H22ClF3N8O/c1-14-8-16(10-29-21(14)34-6-4-33(5-7-34)13-23(25,26)27)35-12-20(31-32-35)22(36)30-19-11-28-18-3-2-15(24)9-17(18)19/h2-3,8-12,28H,4-7,13H2,1H3,(H,30,36). The fourth-order valence-corrected chi connectivity index (χ4v) is 4.43. The van der Waals surface area contributed by atoms with Gasteiger partial charge in [0.05, 0.1) is 30.3 Å². The number of fused-ring (bicyclic) bond motifs is 1. The lowest BCUT2D eigenvalue weighted by atomic mass is 10.2. The van der Waals surface area contributed by atoms with Crippen molar-refractivity contribution in [1.82, 2.24) is 29.9 Å². The molecule has 0 atom stereocenters. The molecule has 188 valence electrons. The first kappa shape index (κ1) is 24.1. The average molecular weight is 519 g/mol. The Hall–Kier alpha value is -3.64. The molecular formula is C23H22ClF3N8O. The zero-order valence-electron chi connectivity index (χ0n) is 19.2. The molecule has 1 saturated heterocycles. The molecule has 0 bridgehead atoms. The normalized spacial score (nSPS) is 15.0. The number of pyridine rings is 1. The smallest absolute Gasteiger partial charge is 0.359 e. The quantitative estimate of drug-likeness (QED) is 0.414. The minimum absolute atomic E-state index is 0.119. The summed E-state index contributed by atoms with van der Waals surface area (Å²) in [5.41, 5.74) is 2.98. The first-order chi connectivity index (χ1) is 17.2. The van der Waals surface area contributed by atoms with Gasteiger partial charge in [-0.15, -0.1) is 5.10 Å². The molecule has 1 aliphatic heterocycles. The Balaban J connectivity index is 1.26. The number of nitrogens with one attached hydrogen (secondary N) is 2. The summed E-state index contributed by atoms with van der Waals surface area (Å²) in [5, 5.41) is 12.2. The van der Waals surface area contributed by atoms with E-state index in [-0.39, 0.29) is 5.69 Å². The van der Waals surface area contributed by atoms with Crippen LogP contribution in [0.2, 0.25) is 5.02 Å². The van der Waals surface area contributed by atoms with E-state index >= 15 is 0 Å². The van der Waals surface area contributed by atoms with E-state index in [4.69, 9.17) is 11.6 Å². The number of aromatic nitrogens is 5. The second kappa shape index (κ2) is 9.43. The van der Waals surface area contributed by atoms with Crippen LogP contribution in [0.5, 0.6) is 0 Å². The summed E-state index contributed by atoms with van der Waals surface area (Å²) < 4.78 is 39.4. The molecule has 0 spiro atoms. The molecule has 36 heavy (non-hydrogen) atoms. The van der Waals surface area contributed by atoms with Crippen molar-refractivity contribution in [2.45, 2.75) is 13.1 Å². The molecule has 3 aromatic heterocycles. The van der Waals surface area contributed by atoms with Gasteiger partial charge in [0.15, 0.2) is 5.69 Å². The molecule has 1 aliphatic rings. The first-order valence-electron chi connectivity index (χ1n) is 11.2. The number of aromatic amines is 1. The maximum Gasteiger partial charge on any atom is 0.401 e. The van der Waals surface area contributed by atoms with Crippen molar-refractivity contribution in [3.8, 4) is 5.69 Å². The van der Waals surface area contributed by atoms with Crippen LogP contribution in [0.15, 0.2) is 42.9 Å². The van der Waals surface area contributed by atoms with Crippen LogP contribution < -0.4 is 10.2 Å². The zero-order chi connectivity index (χ0) is 25.4. The number of carbonyl (C=O) groups excluding carboxylic acids is 1. The van der Waals surface area contributed by atoms with Crippen LogP contribution in [0, 0.1) is 6.92 Å². The number of carbonyl (C=O) groups is 1. The third kappa shape index (κ3) is 5.14. The second-order valence-corrected chi connectivity index (χ2v) is 9.04. The number of amides is 1. The summed E-state index contributed by atoms with van der Waals surface area (Å²) in [6, 6.07) is 7.19. The number of nitrogens with zero attached hydrogens (tertiary/aromatic N) is 6. The van der Waals surface area contributed by atoms with Crippen molar-refractivity contribution >= 4 is 39.9 Å². The summed E-state index contributed by atoms with van der Waals surface area (Å²) in [4.78, 5) is 23.7. The van der Waals surface area contributed by atoms with Crippen molar-refractivity contribution < 1.29 is 18.0 Å². The molecule has 4 heterocycles. The van der Waals surface area contributed by atoms with E-state index in [0.717, 1.165) is 16.5 Å². The number of benzene rings is 1. The van der Waals surface area contributed by atoms with Gasteiger partial charge in [0, 0.05) is 48.3 Å². The van der Waals surface area contributed by atoms with E-state index in [0.29, 0.717) is 48.4 Å². The van der Waals surface area contributed by atoms with Gasteiger partial charge in [0.25, 0.3) is 5.91 Å². The molecule has 0 saturated carbocycles. The lowest BCUT2D eigenvalue weighted by molar-refractivity contribution is -0.146. The van der Waals surface area contributed by atoms with Gasteiger partial charge in [-0.2, -0.15) is 13.2 Å². The highest BCUT2D eigenvalue weighted by molar-refractivity contribution is 6.31. The molecule has 13 heteroatoms. The van der Waals surface area contributed by atoms with Crippen molar-refractivity contribution in [2.75, 3.05) is 42.9 Å². The molecule has 1 fully saturated rings. The average Bonchev–Trinajstić information content (AvgIpc) is 3.46. The predicted octanol–water partition coefficient (Wildman–Crippen LogP) is 4.04. The van der Waals surface area contributed by atoms with Crippen LogP contribution in [0.4, 0.5) is 24.7 Å². The Kier molecular flexibility index (Phi) is 6.31. The fraction of sp³-hybridized carbons (Fsp3) is 0.304. The molecule has 1 aromatic carbocycles. The molecule has 4 aromatic rings. The number of H-pyrrole nitrogens is 1. The number of halogens is 4. The molecule has 0 unspecified atom stereocenters. The number of alkyl halides is 3. The topological polar surface area (TPSA) is 95.0 Å². The Labute approximate surface area is 208 Å². The highest BCUT2D eigenvalue weighted by Gasteiger charge is 2.32. The van der Waals surface area contributed by atoms with Gasteiger partial charge in [-0.3, -0.25) is 9.69 Å². The highest BCUT2D eigenvalue weighted by atomic mass is 35.5. The van der Waals surface area contributed by atoms with Crippen molar-refractivity contribution in [2.24, 2.45) is 0 Å². The molecule has 2 N–H and O–H groups in total. The molecule has 1 amide bonds. The maximum atomic E-state index is 12.8. The maximum absolute atomic E-state index is 12.8. The van der Waals surface area contributed by atoms with E-state index < -0.39 is 18.6 Å². The highest BCUT2D eigenvalue weighted by Crippen LogP contribution is 2.27. The summed E-state index contributed by atoms with van der Waals surface area (Å²) in [6.45, 7) is 2.51. The van der Waals surface area contributed by atoms with Gasteiger partial charge in [-0.1, -0.05) is 16.8 Å². The number of rotatable bonds is 5. The van der Waals surface area contributed by atoms with Gasteiger partial charge >= 0.3 is 6.18 Å². The first-order valence-corrected chi connectivity index (χ1v) is 11.6. The Morgan fingerprint density at radius 3 is 2.69 bits per heavy atom. The summed E-state index contributed by atoms with van der Waals surface area (Å²) in [6.07, 6.45) is 0.582. The minimum Gasteiger partial charge on any atom is -0.359 e. The number of piperazine rings is 1. The molecule has 0 aliphatic carbocycles. The number of aryl methyl sites for hydroxylation is 1. The van der Waals surface area contributed by atoms with Crippen LogP contribution in [0.1, 0.15) is 16.1 Å². The van der Waals surface area contributed by atoms with Crippen LogP contribution in [-0.2, 0) is 0 Å². The van der Waals surface area contributed by atoms with Crippen molar-refractivity contribution in [3.05, 3.63) is 59.1 Å². The van der Waals surface area contributed by atoms with Crippen molar-refractivity contribution in [1.29, 1.82) is 0 Å². The van der Waals surface area contributed by atoms with E-state index in [1.807, 2.05) is 24.0 Å². The Morgan fingerprint density at radius 1 is 1.19 bits per heavy atom. The van der Waals surface area contributed by atoms with E-state index in [1.165, 1.54) is 15.8 Å². The Morgan fingerprint density at radius 2 is 1.97 bits per heavy atom. The summed E-state index contributed by atoms with van der Waals surface area (Å²) in [7, 11) is 0. The van der Waals surface area contributed by atoms with E-state index in [2.05, 4.69) is 25.6 Å². The predicted molar refractivity (Wildman–Crippen MR) is 130 cm³/mol. The van der Waals surface area contributed by atoms with Gasteiger partial charge in [-0.05, 0) is 36.8 Å². The largest absolute Gasteiger partial charge is 0.401 e. The summed E-state index contributed by atoms with van der Waals surface area (Å²) in [5.74, 6) is 0.279. The third-order valence-electron chi connectivity index (χ3n) is 5.99. The SMILES string of the molecule is Cc1cc(-n2cc(C(=O)Nc3c[nH]c4ccc(Cl)cc34)nn2)cnc1N1CCN(CC(F)(F)F)CC1. The van der Waals surface area contributed by atoms with Gasteiger partial charge in [0.1, 0.15) is 5.82 Å². The van der Waals surface area contributed by atoms with Gasteiger partial charge < -0.3 is 15.2 Å². The molecule has 0 radical (unpaired) electrons. The number of anilines is 2. The molecule has 5 rings (SSSR count). The summed E-state index contributed by atoms with van der Waals surface area (Å²) >= 11 is 6.07. The van der Waals surface area contributed by atoms with E-state index in [1.54, 1.807) is 24.5 Å². The van der Waals surface area contributed by atoms with Gasteiger partial charge in [0.2, 0.25) is 0 Å². The number of hydrogen-bond acceptors (Lipinski definition) is 6. The molecule has 9 nitrogen and oxygen atoms in total. The zero-order valence-corrected chi connectivity index (χ0v) is 19.9. The van der Waals surface area contributed by atoms with Gasteiger partial charge in [-0.25, -0.2) is 9.67 Å². The van der Waals surface area contributed by atoms with Crippen LogP contribution >= 0.6 is 11.6 Å². The molecular weight excluding hydrogens is 497 g/mol. The lowest BCUT2D eigenvalue weighted by Crippen LogP contribution is -2.49. The number of hydrogen-bond donors (Lipinski definition) is 2. The van der Waals surface area contributed by atoms with Crippen LogP contribution in [0.3, 0.4) is 0 Å². The van der Waals surface area contributed by atoms with Crippen LogP contribution in [-0.4, -0.2) is 74.7 Å². The fourth-order valence-electron chi connectivity index (χ4n) is 4.26. The van der Waals surface area contributed by atoms with Crippen molar-refractivity contribution in [3.63, 3.8) is 0 Å². The second-order valence-electron chi connectivity index (χ2n) is 8.61. The Bertz CT molecular complexity index is 1410. The minimum atomic E-state index is -4.20. The lowest BCUT2D eigenvalue weighted by Gasteiger charge is -2.36.